The number of ether oxygens (including phenoxy) is 1. The number of methoxy groups -OCH3 is 1. The highest BCUT2D eigenvalue weighted by Crippen LogP contribution is 2.20. The van der Waals surface area contributed by atoms with E-state index in [4.69, 9.17) is 4.74 Å². The smallest absolute Gasteiger partial charge is 0.321 e. The summed E-state index contributed by atoms with van der Waals surface area (Å²) >= 11 is 0. The van der Waals surface area contributed by atoms with Crippen LogP contribution in [0.2, 0.25) is 0 Å². The van der Waals surface area contributed by atoms with Crippen molar-refractivity contribution in [1.82, 2.24) is 15.5 Å². The van der Waals surface area contributed by atoms with Crippen molar-refractivity contribution in [2.75, 3.05) is 51.3 Å². The number of hydrogen-bond acceptors (Lipinski definition) is 5. The molecule has 1 aliphatic rings. The molecule has 0 radical (unpaired) electrons. The maximum Gasteiger partial charge on any atom is 0.321 e. The molecule has 1 heterocycles. The average molecular weight is 320 g/mol. The molecule has 0 spiro atoms. The number of hydrogen-bond donors (Lipinski definition) is 2. The van der Waals surface area contributed by atoms with Crippen LogP contribution in [0.15, 0.2) is 24.3 Å². The van der Waals surface area contributed by atoms with E-state index >= 15 is 0 Å². The van der Waals surface area contributed by atoms with Crippen molar-refractivity contribution in [1.29, 1.82) is 0 Å². The molecule has 1 aromatic carbocycles. The summed E-state index contributed by atoms with van der Waals surface area (Å²) in [4.78, 5) is 27.4. The minimum atomic E-state index is -0.436. The average Bonchev–Trinajstić information content (AvgIpc) is 2.56. The van der Waals surface area contributed by atoms with Crippen molar-refractivity contribution < 1.29 is 14.3 Å². The van der Waals surface area contributed by atoms with Gasteiger partial charge in [-0.25, -0.2) is 4.79 Å². The molecule has 1 saturated heterocycles. The summed E-state index contributed by atoms with van der Waals surface area (Å²) in [6.45, 7) is 5.82. The van der Waals surface area contributed by atoms with E-state index in [9.17, 15) is 9.59 Å². The van der Waals surface area contributed by atoms with Gasteiger partial charge in [0.25, 0.3) is 0 Å². The summed E-state index contributed by atoms with van der Waals surface area (Å²) in [5.74, 6) is 0.572. The molecule has 1 aliphatic heterocycles. The summed E-state index contributed by atoms with van der Waals surface area (Å²) in [7, 11) is 1.65. The molecule has 1 aromatic rings. The van der Waals surface area contributed by atoms with Crippen LogP contribution >= 0.6 is 0 Å². The molecule has 0 atom stereocenters. The molecule has 126 valence electrons. The van der Waals surface area contributed by atoms with Crippen molar-refractivity contribution in [3.05, 3.63) is 24.3 Å². The molecule has 7 heteroatoms. The number of carbonyl (C=O) groups is 2. The lowest BCUT2D eigenvalue weighted by Crippen LogP contribution is -2.51. The molecule has 0 aromatic heterocycles. The molecule has 2 N–H and O–H groups in total. The first-order chi connectivity index (χ1) is 11.1. The molecule has 2 rings (SSSR count). The van der Waals surface area contributed by atoms with E-state index in [0.717, 1.165) is 37.6 Å². The molecule has 1 fully saturated rings. The standard InChI is InChI=1S/C16H24N4O3/c1-3-17-16(22)18-15(21)12-19-8-10-20(11-9-19)13-4-6-14(23-2)7-5-13/h4-7H,3,8-12H2,1-2H3,(H2,17,18,21,22). The van der Waals surface area contributed by atoms with E-state index in [1.807, 2.05) is 31.2 Å². The fourth-order valence-electron chi connectivity index (χ4n) is 2.53. The lowest BCUT2D eigenvalue weighted by atomic mass is 10.2. The number of rotatable bonds is 5. The van der Waals surface area contributed by atoms with Crippen LogP contribution in [0.4, 0.5) is 10.5 Å². The minimum absolute atomic E-state index is 0.244. The van der Waals surface area contributed by atoms with Crippen LogP contribution in [-0.2, 0) is 4.79 Å². The quantitative estimate of drug-likeness (QED) is 0.834. The predicted octanol–water partition coefficient (Wildman–Crippen LogP) is 0.663. The Morgan fingerprint density at radius 2 is 1.78 bits per heavy atom. The molecule has 0 unspecified atom stereocenters. The van der Waals surface area contributed by atoms with Gasteiger partial charge in [0, 0.05) is 38.4 Å². The van der Waals surface area contributed by atoms with Gasteiger partial charge in [-0.3, -0.25) is 15.0 Å². The number of nitrogens with zero attached hydrogens (tertiary/aromatic N) is 2. The van der Waals surface area contributed by atoms with Crippen molar-refractivity contribution >= 4 is 17.6 Å². The van der Waals surface area contributed by atoms with Crippen LogP contribution in [0.3, 0.4) is 0 Å². The molecule has 0 aliphatic carbocycles. The fraction of sp³-hybridized carbons (Fsp3) is 0.500. The zero-order valence-corrected chi connectivity index (χ0v) is 13.7. The molecule has 7 nitrogen and oxygen atoms in total. The number of anilines is 1. The van der Waals surface area contributed by atoms with E-state index in [1.54, 1.807) is 7.11 Å². The van der Waals surface area contributed by atoms with E-state index in [2.05, 4.69) is 20.4 Å². The number of carbonyl (C=O) groups excluding carboxylic acids is 2. The van der Waals surface area contributed by atoms with Gasteiger partial charge < -0.3 is 15.0 Å². The van der Waals surface area contributed by atoms with Crippen LogP contribution in [0.1, 0.15) is 6.92 Å². The van der Waals surface area contributed by atoms with Crippen LogP contribution < -0.4 is 20.3 Å². The normalized spacial score (nSPS) is 15.1. The number of amides is 3. The first-order valence-electron chi connectivity index (χ1n) is 7.81. The van der Waals surface area contributed by atoms with Crippen molar-refractivity contribution in [2.24, 2.45) is 0 Å². The summed E-state index contributed by atoms with van der Waals surface area (Å²) < 4.78 is 5.16. The summed E-state index contributed by atoms with van der Waals surface area (Å²) in [5, 5.41) is 4.87. The van der Waals surface area contributed by atoms with Gasteiger partial charge in [0.05, 0.1) is 13.7 Å². The largest absolute Gasteiger partial charge is 0.497 e. The predicted molar refractivity (Wildman–Crippen MR) is 88.9 cm³/mol. The second-order valence-corrected chi connectivity index (χ2v) is 5.37. The minimum Gasteiger partial charge on any atom is -0.497 e. The van der Waals surface area contributed by atoms with Gasteiger partial charge in [-0.05, 0) is 31.2 Å². The third-order valence-corrected chi connectivity index (χ3v) is 3.77. The zero-order chi connectivity index (χ0) is 16.7. The fourth-order valence-corrected chi connectivity index (χ4v) is 2.53. The maximum atomic E-state index is 11.8. The van der Waals surface area contributed by atoms with Gasteiger partial charge in [-0.1, -0.05) is 0 Å². The molecule has 3 amide bonds. The Morgan fingerprint density at radius 1 is 1.13 bits per heavy atom. The highest BCUT2D eigenvalue weighted by atomic mass is 16.5. The first kappa shape index (κ1) is 17.1. The van der Waals surface area contributed by atoms with E-state index in [-0.39, 0.29) is 12.5 Å². The Labute approximate surface area is 136 Å². The lowest BCUT2D eigenvalue weighted by molar-refractivity contribution is -0.121. The molecule has 0 saturated carbocycles. The Kier molecular flexibility index (Phi) is 6.22. The summed E-state index contributed by atoms with van der Waals surface area (Å²) in [5.41, 5.74) is 1.15. The lowest BCUT2D eigenvalue weighted by Gasteiger charge is -2.35. The van der Waals surface area contributed by atoms with Gasteiger partial charge in [0.2, 0.25) is 5.91 Å². The van der Waals surface area contributed by atoms with E-state index < -0.39 is 6.03 Å². The Bertz CT molecular complexity index is 525. The van der Waals surface area contributed by atoms with E-state index in [0.29, 0.717) is 6.54 Å². The van der Waals surface area contributed by atoms with Crippen molar-refractivity contribution in [2.45, 2.75) is 6.92 Å². The number of urea groups is 1. The van der Waals surface area contributed by atoms with Gasteiger partial charge in [0.15, 0.2) is 0 Å². The summed E-state index contributed by atoms with van der Waals surface area (Å²) in [6, 6.07) is 7.53. The summed E-state index contributed by atoms with van der Waals surface area (Å²) in [6.07, 6.45) is 0. The van der Waals surface area contributed by atoms with Crippen molar-refractivity contribution in [3.63, 3.8) is 0 Å². The molecular weight excluding hydrogens is 296 g/mol. The third kappa shape index (κ3) is 5.14. The number of benzene rings is 1. The Balaban J connectivity index is 1.77. The van der Waals surface area contributed by atoms with E-state index in [1.165, 1.54) is 0 Å². The van der Waals surface area contributed by atoms with Crippen LogP contribution in [0, 0.1) is 0 Å². The van der Waals surface area contributed by atoms with Gasteiger partial charge >= 0.3 is 6.03 Å². The van der Waals surface area contributed by atoms with Gasteiger partial charge in [-0.15, -0.1) is 0 Å². The number of piperazine rings is 1. The Hall–Kier alpha value is -2.28. The molecule has 23 heavy (non-hydrogen) atoms. The number of imide groups is 1. The maximum absolute atomic E-state index is 11.8. The first-order valence-corrected chi connectivity index (χ1v) is 7.81. The monoisotopic (exact) mass is 320 g/mol. The van der Waals surface area contributed by atoms with Gasteiger partial charge in [0.1, 0.15) is 5.75 Å². The number of nitrogens with one attached hydrogen (secondary N) is 2. The third-order valence-electron chi connectivity index (χ3n) is 3.77. The van der Waals surface area contributed by atoms with Crippen LogP contribution in [0.25, 0.3) is 0 Å². The second-order valence-electron chi connectivity index (χ2n) is 5.37. The van der Waals surface area contributed by atoms with Crippen molar-refractivity contribution in [3.8, 4) is 5.75 Å². The second kappa shape index (κ2) is 8.38. The highest BCUT2D eigenvalue weighted by Gasteiger charge is 2.19. The SMILES string of the molecule is CCNC(=O)NC(=O)CN1CCN(c2ccc(OC)cc2)CC1. The van der Waals surface area contributed by atoms with Crippen LogP contribution in [-0.4, -0.2) is 63.2 Å². The highest BCUT2D eigenvalue weighted by molar-refractivity contribution is 5.95. The zero-order valence-electron chi connectivity index (χ0n) is 13.7. The Morgan fingerprint density at radius 3 is 2.35 bits per heavy atom. The topological polar surface area (TPSA) is 73.9 Å². The molecular formula is C16H24N4O3. The molecule has 0 bridgehead atoms. The van der Waals surface area contributed by atoms with Crippen LogP contribution in [0.5, 0.6) is 5.75 Å². The van der Waals surface area contributed by atoms with Gasteiger partial charge in [-0.2, -0.15) is 0 Å².